The number of ether oxygens (including phenoxy) is 3. The molecule has 6 heteroatoms. The summed E-state index contributed by atoms with van der Waals surface area (Å²) in [7, 11) is 4.50. The van der Waals surface area contributed by atoms with Crippen molar-refractivity contribution in [2.24, 2.45) is 0 Å². The molecule has 0 radical (unpaired) electrons. The zero-order valence-corrected chi connectivity index (χ0v) is 14.1. The maximum atomic E-state index is 12.3. The fourth-order valence-corrected chi connectivity index (χ4v) is 2.34. The summed E-state index contributed by atoms with van der Waals surface area (Å²) >= 11 is 0. The lowest BCUT2D eigenvalue weighted by atomic mass is 10.0. The van der Waals surface area contributed by atoms with Crippen molar-refractivity contribution >= 4 is 17.8 Å². The Morgan fingerprint density at radius 1 is 0.920 bits per heavy atom. The van der Waals surface area contributed by atoms with Crippen LogP contribution in [0.25, 0.3) is 6.08 Å². The number of carbonyl (C=O) groups excluding carboxylic acids is 1. The van der Waals surface area contributed by atoms with E-state index in [-0.39, 0.29) is 11.1 Å². The predicted molar refractivity (Wildman–Crippen MR) is 92.9 cm³/mol. The number of benzene rings is 2. The van der Waals surface area contributed by atoms with Crippen LogP contribution in [-0.2, 0) is 0 Å². The van der Waals surface area contributed by atoms with Crippen molar-refractivity contribution in [3.05, 3.63) is 59.2 Å². The second-order valence-electron chi connectivity index (χ2n) is 5.01. The molecule has 2 aromatic carbocycles. The molecule has 0 aliphatic carbocycles. The van der Waals surface area contributed by atoms with Crippen LogP contribution in [0.5, 0.6) is 17.2 Å². The van der Waals surface area contributed by atoms with Crippen LogP contribution < -0.4 is 14.2 Å². The highest BCUT2D eigenvalue weighted by molar-refractivity contribution is 6.12. The lowest BCUT2D eigenvalue weighted by Gasteiger charge is -2.12. The van der Waals surface area contributed by atoms with E-state index in [2.05, 4.69) is 0 Å². The average Bonchev–Trinajstić information content (AvgIpc) is 2.64. The fourth-order valence-electron chi connectivity index (χ4n) is 2.34. The van der Waals surface area contributed by atoms with E-state index in [0.29, 0.717) is 22.8 Å². The van der Waals surface area contributed by atoms with Gasteiger partial charge in [-0.2, -0.15) is 0 Å². The second-order valence-corrected chi connectivity index (χ2v) is 5.01. The number of methoxy groups -OCH3 is 3. The van der Waals surface area contributed by atoms with Gasteiger partial charge in [0.25, 0.3) is 0 Å². The summed E-state index contributed by atoms with van der Waals surface area (Å²) in [5.41, 5.74) is 0.733. The topological polar surface area (TPSA) is 82.1 Å². The Morgan fingerprint density at radius 3 is 1.96 bits per heavy atom. The standard InChI is InChI=1S/C19H18O6/c1-23-16-10-12(11-17(24-2)18(16)25-3)8-9-15(20)13-6-4-5-7-14(13)19(21)22/h4-11H,1-3H3,(H,21,22). The minimum Gasteiger partial charge on any atom is -0.493 e. The number of hydrogen-bond acceptors (Lipinski definition) is 5. The molecule has 0 fully saturated rings. The van der Waals surface area contributed by atoms with Crippen molar-refractivity contribution in [1.82, 2.24) is 0 Å². The molecule has 0 unspecified atom stereocenters. The van der Waals surface area contributed by atoms with Gasteiger partial charge in [-0.05, 0) is 29.8 Å². The van der Waals surface area contributed by atoms with E-state index in [4.69, 9.17) is 14.2 Å². The molecule has 6 nitrogen and oxygen atoms in total. The Bertz CT molecular complexity index is 797. The number of carboxylic acids is 1. The van der Waals surface area contributed by atoms with Crippen molar-refractivity contribution in [1.29, 1.82) is 0 Å². The molecule has 1 N–H and O–H groups in total. The van der Waals surface area contributed by atoms with Gasteiger partial charge in [-0.15, -0.1) is 0 Å². The Morgan fingerprint density at radius 2 is 1.48 bits per heavy atom. The number of allylic oxidation sites excluding steroid dienone is 1. The van der Waals surface area contributed by atoms with E-state index in [0.717, 1.165) is 0 Å². The molecule has 0 spiro atoms. The number of ketones is 1. The van der Waals surface area contributed by atoms with Gasteiger partial charge in [-0.3, -0.25) is 4.79 Å². The summed E-state index contributed by atoms with van der Waals surface area (Å²) in [5, 5.41) is 9.17. The van der Waals surface area contributed by atoms with E-state index in [1.54, 1.807) is 30.3 Å². The number of aromatic carboxylic acids is 1. The normalized spacial score (nSPS) is 10.5. The molecule has 0 saturated heterocycles. The van der Waals surface area contributed by atoms with E-state index in [1.807, 2.05) is 0 Å². The third-order valence-corrected chi connectivity index (χ3v) is 3.54. The van der Waals surface area contributed by atoms with Crippen LogP contribution in [0.4, 0.5) is 0 Å². The van der Waals surface area contributed by atoms with E-state index < -0.39 is 11.8 Å². The van der Waals surface area contributed by atoms with Gasteiger partial charge in [0.1, 0.15) is 0 Å². The quantitative estimate of drug-likeness (QED) is 0.614. The van der Waals surface area contributed by atoms with Crippen molar-refractivity contribution in [2.75, 3.05) is 21.3 Å². The van der Waals surface area contributed by atoms with Crippen LogP contribution in [0.1, 0.15) is 26.3 Å². The fraction of sp³-hybridized carbons (Fsp3) is 0.158. The molecule has 0 aliphatic rings. The van der Waals surface area contributed by atoms with E-state index >= 15 is 0 Å². The third kappa shape index (κ3) is 3.98. The Hall–Kier alpha value is -3.28. The van der Waals surface area contributed by atoms with Crippen molar-refractivity contribution < 1.29 is 28.9 Å². The highest BCUT2D eigenvalue weighted by Gasteiger charge is 2.15. The van der Waals surface area contributed by atoms with Crippen LogP contribution in [0.15, 0.2) is 42.5 Å². The van der Waals surface area contributed by atoms with Crippen LogP contribution >= 0.6 is 0 Å². The monoisotopic (exact) mass is 342 g/mol. The molecular weight excluding hydrogens is 324 g/mol. The number of carboxylic acid groups (broad SMARTS) is 1. The molecule has 0 saturated carbocycles. The van der Waals surface area contributed by atoms with Gasteiger partial charge >= 0.3 is 5.97 Å². The lowest BCUT2D eigenvalue weighted by molar-refractivity contribution is 0.0693. The largest absolute Gasteiger partial charge is 0.493 e. The van der Waals surface area contributed by atoms with Gasteiger partial charge in [0.05, 0.1) is 26.9 Å². The summed E-state index contributed by atoms with van der Waals surface area (Å²) in [6.45, 7) is 0. The molecule has 25 heavy (non-hydrogen) atoms. The molecule has 130 valence electrons. The average molecular weight is 342 g/mol. The van der Waals surface area contributed by atoms with Gasteiger partial charge in [-0.1, -0.05) is 24.3 Å². The summed E-state index contributed by atoms with van der Waals surface area (Å²) in [6.07, 6.45) is 2.87. The Balaban J connectivity index is 2.36. The maximum Gasteiger partial charge on any atom is 0.336 e. The molecule has 2 aromatic rings. The second kappa shape index (κ2) is 8.01. The first-order valence-electron chi connectivity index (χ1n) is 7.36. The van der Waals surface area contributed by atoms with Crippen molar-refractivity contribution in [3.63, 3.8) is 0 Å². The smallest absolute Gasteiger partial charge is 0.336 e. The minimum atomic E-state index is -1.15. The van der Waals surface area contributed by atoms with E-state index in [1.165, 1.54) is 39.5 Å². The van der Waals surface area contributed by atoms with Crippen LogP contribution in [0.2, 0.25) is 0 Å². The zero-order chi connectivity index (χ0) is 18.4. The zero-order valence-electron chi connectivity index (χ0n) is 14.1. The van der Waals surface area contributed by atoms with Crippen LogP contribution in [0.3, 0.4) is 0 Å². The minimum absolute atomic E-state index is 0.0398. The lowest BCUT2D eigenvalue weighted by Crippen LogP contribution is -2.06. The summed E-state index contributed by atoms with van der Waals surface area (Å²) in [4.78, 5) is 23.6. The van der Waals surface area contributed by atoms with Gasteiger partial charge in [-0.25, -0.2) is 4.79 Å². The Labute approximate surface area is 145 Å². The summed E-state index contributed by atoms with van der Waals surface area (Å²) < 4.78 is 15.8. The first-order chi connectivity index (χ1) is 12.0. The molecule has 0 amide bonds. The van der Waals surface area contributed by atoms with Gasteiger partial charge < -0.3 is 19.3 Å². The summed E-state index contributed by atoms with van der Waals surface area (Å²) in [5.74, 6) is -0.193. The molecule has 0 bridgehead atoms. The molecule has 2 rings (SSSR count). The van der Waals surface area contributed by atoms with Gasteiger partial charge in [0.15, 0.2) is 17.3 Å². The predicted octanol–water partition coefficient (Wildman–Crippen LogP) is 3.31. The van der Waals surface area contributed by atoms with Gasteiger partial charge in [0.2, 0.25) is 5.75 Å². The van der Waals surface area contributed by atoms with Crippen molar-refractivity contribution in [3.8, 4) is 17.2 Å². The third-order valence-electron chi connectivity index (χ3n) is 3.54. The molecule has 0 atom stereocenters. The first kappa shape index (κ1) is 18.1. The SMILES string of the molecule is COc1cc(C=CC(=O)c2ccccc2C(=O)O)cc(OC)c1OC. The molecule has 0 heterocycles. The molecule has 0 aliphatic heterocycles. The van der Waals surface area contributed by atoms with Crippen molar-refractivity contribution in [2.45, 2.75) is 0 Å². The highest BCUT2D eigenvalue weighted by Crippen LogP contribution is 2.38. The van der Waals surface area contributed by atoms with Crippen LogP contribution in [0, 0.1) is 0 Å². The first-order valence-corrected chi connectivity index (χ1v) is 7.36. The number of carbonyl (C=O) groups is 2. The van der Waals surface area contributed by atoms with Gasteiger partial charge in [0, 0.05) is 5.56 Å². The van der Waals surface area contributed by atoms with E-state index in [9.17, 15) is 14.7 Å². The number of rotatable bonds is 7. The molecule has 0 aromatic heterocycles. The number of hydrogen-bond donors (Lipinski definition) is 1. The summed E-state index contributed by atoms with van der Waals surface area (Å²) in [6, 6.07) is 9.44. The molecular formula is C19H18O6. The highest BCUT2D eigenvalue weighted by atomic mass is 16.5. The van der Waals surface area contributed by atoms with Crippen LogP contribution in [-0.4, -0.2) is 38.2 Å². The maximum absolute atomic E-state index is 12.3. The Kier molecular flexibility index (Phi) is 5.79.